The fourth-order valence-corrected chi connectivity index (χ4v) is 16.8. The number of hydrogen-bond donors (Lipinski definition) is 0. The van der Waals surface area contributed by atoms with Gasteiger partial charge in [-0.25, -0.2) is 0 Å². The summed E-state index contributed by atoms with van der Waals surface area (Å²) in [6.45, 7) is 18.8. The number of halogens is 6. The van der Waals surface area contributed by atoms with E-state index in [0.29, 0.717) is 0 Å². The minimum absolute atomic E-state index is 0.000327. The van der Waals surface area contributed by atoms with Gasteiger partial charge >= 0.3 is 0 Å². The second kappa shape index (κ2) is 12.3. The number of fused-ring (bicyclic) bond motifs is 12. The highest BCUT2D eigenvalue weighted by molar-refractivity contribution is 9.93. The van der Waals surface area contributed by atoms with Crippen LogP contribution >= 0.6 is 137 Å². The molecule has 10 heteroatoms. The summed E-state index contributed by atoms with van der Waals surface area (Å²) in [4.78, 5) is 5.76. The molecule has 0 saturated heterocycles. The van der Waals surface area contributed by atoms with Crippen molar-refractivity contribution in [3.8, 4) is 41.8 Å². The third-order valence-corrected chi connectivity index (χ3v) is 20.4. The molecular weight excluding hydrogens is 1090 g/mol. The summed E-state index contributed by atoms with van der Waals surface area (Å²) in [6.07, 6.45) is 0. The maximum atomic E-state index is 3.82. The van der Waals surface area contributed by atoms with Crippen molar-refractivity contribution >= 4 is 137 Å². The molecule has 50 heavy (non-hydrogen) atoms. The molecule has 4 heterocycles. The van der Waals surface area contributed by atoms with E-state index in [9.17, 15) is 0 Å². The maximum Gasteiger partial charge on any atom is 0.0850 e. The molecule has 4 aromatic heterocycles. The van der Waals surface area contributed by atoms with Crippen molar-refractivity contribution in [2.45, 2.75) is 77.0 Å². The minimum atomic E-state index is -0.000327. The molecule has 4 aliphatic carbocycles. The lowest BCUT2D eigenvalue weighted by molar-refractivity contribution is 0.649. The van der Waals surface area contributed by atoms with E-state index in [1.54, 1.807) is 0 Å². The van der Waals surface area contributed by atoms with Crippen LogP contribution in [0.2, 0.25) is 0 Å². The Hall–Kier alpha value is 0.120. The molecule has 0 aliphatic heterocycles. The summed E-state index contributed by atoms with van der Waals surface area (Å²) in [5.41, 5.74) is 17.7. The molecule has 4 aliphatic rings. The fraction of sp³-hybridized carbons (Fsp3) is 0.300. The van der Waals surface area contributed by atoms with Crippen LogP contribution in [0.15, 0.2) is 63.7 Å². The van der Waals surface area contributed by atoms with Crippen molar-refractivity contribution in [1.29, 1.82) is 0 Å². The van der Waals surface area contributed by atoms with Crippen molar-refractivity contribution in [1.82, 2.24) is 0 Å². The lowest BCUT2D eigenvalue weighted by atomic mass is 9.79. The molecule has 6 aromatic rings. The lowest BCUT2D eigenvalue weighted by Gasteiger charge is -2.25. The van der Waals surface area contributed by atoms with Gasteiger partial charge in [0.2, 0.25) is 0 Å². The van der Waals surface area contributed by atoms with E-state index in [1.807, 2.05) is 45.3 Å². The van der Waals surface area contributed by atoms with Crippen LogP contribution in [-0.4, -0.2) is 0 Å². The smallest absolute Gasteiger partial charge is 0.0850 e. The number of benzene rings is 2. The summed E-state index contributed by atoms with van der Waals surface area (Å²) < 4.78 is 4.79. The largest absolute Gasteiger partial charge is 0.143 e. The third kappa shape index (κ3) is 4.87. The fourth-order valence-electron chi connectivity index (χ4n) is 8.86. The van der Waals surface area contributed by atoms with Crippen molar-refractivity contribution in [2.24, 2.45) is 0 Å². The summed E-state index contributed by atoms with van der Waals surface area (Å²) in [5.74, 6) is 0. The first kappa shape index (κ1) is 37.1. The van der Waals surface area contributed by atoms with Gasteiger partial charge in [0.15, 0.2) is 0 Å². The standard InChI is InChI=1S/C20H14Br4S2.C20H18S2.Br2/c1-19(2)9-5-8-10(6-7(9)15-11(19)13(21)17(23)25-15)20(3,4)12-14(22)18(24)26-16(8)12;1-19(2)13-5-7-21-17(13)11-10-16-12(9-15(11)19)18-14(6-8-22-18)20(16,3)4;1-2/h5-6H,1-4H3;5-10H,1-4H3;. The Morgan fingerprint density at radius 1 is 0.420 bits per heavy atom. The summed E-state index contributed by atoms with van der Waals surface area (Å²) in [6, 6.07) is 14.5. The van der Waals surface area contributed by atoms with Crippen LogP contribution in [0.25, 0.3) is 41.8 Å². The molecule has 0 spiro atoms. The zero-order chi connectivity index (χ0) is 36.0. The quantitative estimate of drug-likeness (QED) is 0.142. The highest BCUT2D eigenvalue weighted by atomic mass is 80.9. The van der Waals surface area contributed by atoms with E-state index < -0.39 is 0 Å². The Kier molecular flexibility index (Phi) is 9.13. The normalized spacial score (nSPS) is 17.6. The van der Waals surface area contributed by atoms with Gasteiger partial charge in [0.05, 0.1) is 7.57 Å². The summed E-state index contributed by atoms with van der Waals surface area (Å²) >= 11 is 28.1. The first-order valence-corrected chi connectivity index (χ1v) is 26.4. The van der Waals surface area contributed by atoms with Crippen LogP contribution < -0.4 is 0 Å². The second-order valence-electron chi connectivity index (χ2n) is 15.5. The predicted molar refractivity (Wildman–Crippen MR) is 243 cm³/mol. The molecule has 10 rings (SSSR count). The second-order valence-corrected chi connectivity index (χ2v) is 23.6. The lowest BCUT2D eigenvalue weighted by Crippen LogP contribution is -2.17. The summed E-state index contributed by atoms with van der Waals surface area (Å²) in [7, 11) is 0. The van der Waals surface area contributed by atoms with Crippen LogP contribution in [0.4, 0.5) is 0 Å². The van der Waals surface area contributed by atoms with Crippen molar-refractivity contribution in [3.63, 3.8) is 0 Å². The Bertz CT molecular complexity index is 2240. The zero-order valence-electron chi connectivity index (χ0n) is 28.5. The van der Waals surface area contributed by atoms with Crippen molar-refractivity contribution in [3.05, 3.63) is 108 Å². The van der Waals surface area contributed by atoms with Gasteiger partial charge in [-0.2, -0.15) is 0 Å². The zero-order valence-corrected chi connectivity index (χ0v) is 41.3. The van der Waals surface area contributed by atoms with Gasteiger partial charge in [0.1, 0.15) is 0 Å². The number of hydrogen-bond acceptors (Lipinski definition) is 4. The van der Waals surface area contributed by atoms with E-state index in [1.165, 1.54) is 103 Å². The van der Waals surface area contributed by atoms with E-state index in [4.69, 9.17) is 0 Å². The molecular formula is C40H32Br6S4. The molecule has 0 nitrogen and oxygen atoms in total. The maximum absolute atomic E-state index is 3.82. The van der Waals surface area contributed by atoms with Gasteiger partial charge < -0.3 is 0 Å². The molecule has 0 atom stereocenters. The predicted octanol–water partition coefficient (Wildman–Crippen LogP) is 17.6. The molecule has 0 saturated carbocycles. The molecule has 0 N–H and O–H groups in total. The van der Waals surface area contributed by atoms with E-state index >= 15 is 0 Å². The monoisotopic (exact) mass is 1110 g/mol. The average molecular weight is 1120 g/mol. The van der Waals surface area contributed by atoms with Crippen LogP contribution in [0.5, 0.6) is 0 Å². The Labute approximate surface area is 359 Å². The molecule has 0 radical (unpaired) electrons. The van der Waals surface area contributed by atoms with E-state index in [-0.39, 0.29) is 21.7 Å². The Morgan fingerprint density at radius 3 is 1.06 bits per heavy atom. The van der Waals surface area contributed by atoms with Gasteiger partial charge in [-0.15, -0.1) is 45.3 Å². The molecule has 0 fully saturated rings. The van der Waals surface area contributed by atoms with Gasteiger partial charge in [-0.05, 0) is 178 Å². The van der Waals surface area contributed by atoms with Crippen LogP contribution in [0, 0.1) is 0 Å². The van der Waals surface area contributed by atoms with Crippen LogP contribution in [0.3, 0.4) is 0 Å². The minimum Gasteiger partial charge on any atom is -0.143 e. The van der Waals surface area contributed by atoms with Crippen molar-refractivity contribution < 1.29 is 0 Å². The molecule has 0 amide bonds. The third-order valence-electron chi connectivity index (χ3n) is 11.5. The first-order chi connectivity index (χ1) is 23.5. The van der Waals surface area contributed by atoms with E-state index in [2.05, 4.69) is 195 Å². The molecule has 2 aromatic carbocycles. The first-order valence-electron chi connectivity index (χ1n) is 16.1. The number of thiophene rings is 4. The van der Waals surface area contributed by atoms with Crippen molar-refractivity contribution in [2.75, 3.05) is 0 Å². The highest BCUT2D eigenvalue weighted by Crippen LogP contribution is 2.63. The average Bonchev–Trinajstić information content (AvgIpc) is 3.93. The van der Waals surface area contributed by atoms with Crippen LogP contribution in [-0.2, 0) is 21.7 Å². The summed E-state index contributed by atoms with van der Waals surface area (Å²) in [5, 5.41) is 4.48. The Morgan fingerprint density at radius 2 is 0.720 bits per heavy atom. The van der Waals surface area contributed by atoms with Gasteiger partial charge in [0, 0.05) is 78.4 Å². The van der Waals surface area contributed by atoms with E-state index in [0.717, 1.165) is 0 Å². The highest BCUT2D eigenvalue weighted by Gasteiger charge is 2.46. The molecule has 258 valence electrons. The Balaban J connectivity index is 0.000000139. The number of rotatable bonds is 0. The van der Waals surface area contributed by atoms with Crippen LogP contribution in [0.1, 0.15) is 99.9 Å². The molecule has 0 unspecified atom stereocenters. The van der Waals surface area contributed by atoms with Gasteiger partial charge in [-0.3, -0.25) is 0 Å². The SMILES string of the molecule is BrBr.CC1(C)c2cc3c(cc2-c2sc(Br)c(Br)c21)C(C)(C)c1c-3sc(Br)c1Br.CC1(C)c2cc3c(cc2-c2sccc21)C(C)(C)c1ccsc1-3. The van der Waals surface area contributed by atoms with Gasteiger partial charge in [0.25, 0.3) is 0 Å². The molecule has 0 bridgehead atoms. The topological polar surface area (TPSA) is 0 Å². The van der Waals surface area contributed by atoms with Gasteiger partial charge in [-0.1, -0.05) is 55.4 Å².